The van der Waals surface area contributed by atoms with Crippen molar-refractivity contribution in [1.82, 2.24) is 10.2 Å². The van der Waals surface area contributed by atoms with Crippen LogP contribution in [0.25, 0.3) is 0 Å². The minimum Gasteiger partial charge on any atom is -0.480 e. The van der Waals surface area contributed by atoms with Gasteiger partial charge in [-0.1, -0.05) is 35.0 Å². The maximum Gasteiger partial charge on any atom is 0.326 e. The number of urea groups is 1. The van der Waals surface area contributed by atoms with Gasteiger partial charge < -0.3 is 15.3 Å². The lowest BCUT2D eigenvalue weighted by Gasteiger charge is -2.20. The molecule has 0 bridgehead atoms. The number of nitrogens with one attached hydrogen (secondary N) is 1. The van der Waals surface area contributed by atoms with E-state index in [1.807, 2.05) is 24.3 Å². The van der Waals surface area contributed by atoms with Crippen LogP contribution in [0.3, 0.4) is 0 Å². The van der Waals surface area contributed by atoms with E-state index < -0.39 is 18.0 Å². The van der Waals surface area contributed by atoms with Gasteiger partial charge in [-0.3, -0.25) is 0 Å². The van der Waals surface area contributed by atoms with Gasteiger partial charge in [0, 0.05) is 18.1 Å². The van der Waals surface area contributed by atoms with Crippen LogP contribution in [-0.4, -0.2) is 35.1 Å². The number of aliphatic carboxylic acids is 1. The largest absolute Gasteiger partial charge is 0.480 e. The van der Waals surface area contributed by atoms with Crippen LogP contribution in [0.4, 0.5) is 4.79 Å². The molecule has 2 N–H and O–H groups in total. The molecule has 1 aromatic carbocycles. The number of carboxylic acid groups (broad SMARTS) is 1. The Hall–Kier alpha value is -1.56. The molecule has 0 aliphatic carbocycles. The lowest BCUT2D eigenvalue weighted by Crippen LogP contribution is -2.46. The number of halogens is 1. The molecule has 0 heterocycles. The van der Waals surface area contributed by atoms with Crippen LogP contribution in [0.15, 0.2) is 28.7 Å². The summed E-state index contributed by atoms with van der Waals surface area (Å²) in [5.74, 6) is -1.02. The number of nitrogens with zero attached hydrogens (tertiary/aromatic N) is 1. The highest BCUT2D eigenvalue weighted by molar-refractivity contribution is 9.10. The number of hydrogen-bond donors (Lipinski definition) is 2. The summed E-state index contributed by atoms with van der Waals surface area (Å²) in [5.41, 5.74) is 0.976. The van der Waals surface area contributed by atoms with Crippen molar-refractivity contribution >= 4 is 27.9 Å². The van der Waals surface area contributed by atoms with E-state index in [1.165, 1.54) is 4.90 Å². The molecule has 0 unspecified atom stereocenters. The maximum atomic E-state index is 11.8. The van der Waals surface area contributed by atoms with E-state index in [9.17, 15) is 9.59 Å². The number of carboxylic acids is 1. The molecule has 0 aliphatic rings. The summed E-state index contributed by atoms with van der Waals surface area (Å²) in [4.78, 5) is 24.1. The number of carbonyl (C=O) groups excluding carboxylic acids is 1. The quantitative estimate of drug-likeness (QED) is 0.872. The molecule has 0 fully saturated rings. The third kappa shape index (κ3) is 4.90. The fourth-order valence-electron chi connectivity index (χ4n) is 1.53. The van der Waals surface area contributed by atoms with Crippen molar-refractivity contribution in [2.45, 2.75) is 25.9 Å². The highest BCUT2D eigenvalue weighted by atomic mass is 79.9. The summed E-state index contributed by atoms with van der Waals surface area (Å²) in [6.45, 7) is 2.14. The summed E-state index contributed by atoms with van der Waals surface area (Å²) < 4.78 is 0.972. The van der Waals surface area contributed by atoms with Crippen LogP contribution >= 0.6 is 15.9 Å². The van der Waals surface area contributed by atoms with Crippen LogP contribution in [0.5, 0.6) is 0 Å². The van der Waals surface area contributed by atoms with E-state index in [0.29, 0.717) is 13.0 Å². The normalized spacial score (nSPS) is 11.7. The Morgan fingerprint density at radius 3 is 2.42 bits per heavy atom. The summed E-state index contributed by atoms with van der Waals surface area (Å²) in [6, 6.07) is 6.36. The molecule has 0 saturated heterocycles. The van der Waals surface area contributed by atoms with Gasteiger partial charge in [-0.05, 0) is 24.1 Å². The number of rotatable bonds is 5. The Morgan fingerprint density at radius 2 is 1.95 bits per heavy atom. The Kier molecular flexibility index (Phi) is 5.82. The van der Waals surface area contributed by atoms with Gasteiger partial charge in [-0.25, -0.2) is 9.59 Å². The Balaban J connectivity index is 2.57. The van der Waals surface area contributed by atoms with E-state index in [0.717, 1.165) is 10.0 Å². The molecular weight excluding hydrogens is 312 g/mol. The average molecular weight is 329 g/mol. The number of benzene rings is 1. The molecule has 0 aromatic heterocycles. The topological polar surface area (TPSA) is 69.6 Å². The highest BCUT2D eigenvalue weighted by Crippen LogP contribution is 2.11. The number of carbonyl (C=O) groups is 2. The van der Waals surface area contributed by atoms with Crippen molar-refractivity contribution in [3.63, 3.8) is 0 Å². The van der Waals surface area contributed by atoms with Crippen LogP contribution in [0, 0.1) is 0 Å². The van der Waals surface area contributed by atoms with Gasteiger partial charge in [0.15, 0.2) is 0 Å². The van der Waals surface area contributed by atoms with E-state index >= 15 is 0 Å². The molecule has 5 nitrogen and oxygen atoms in total. The molecule has 104 valence electrons. The van der Waals surface area contributed by atoms with Crippen molar-refractivity contribution in [3.05, 3.63) is 34.3 Å². The molecule has 1 atom stereocenters. The second kappa shape index (κ2) is 7.13. The van der Waals surface area contributed by atoms with Gasteiger partial charge in [-0.15, -0.1) is 0 Å². The summed E-state index contributed by atoms with van der Waals surface area (Å²) in [6.07, 6.45) is 0.354. The molecule has 0 radical (unpaired) electrons. The van der Waals surface area contributed by atoms with Gasteiger partial charge in [0.1, 0.15) is 6.04 Å². The second-order valence-corrected chi connectivity index (χ2v) is 5.15. The first-order chi connectivity index (χ1) is 8.93. The standard InChI is InChI=1S/C13H17BrN2O3/c1-3-11(12(17)18)15-13(19)16(2)8-9-4-6-10(14)7-5-9/h4-7,11H,3,8H2,1-2H3,(H,15,19)(H,17,18)/t11-/m1/s1. The molecule has 2 amide bonds. The molecule has 6 heteroatoms. The van der Waals surface area contributed by atoms with Crippen molar-refractivity contribution in [1.29, 1.82) is 0 Å². The van der Waals surface area contributed by atoms with Gasteiger partial charge in [0.2, 0.25) is 0 Å². The van der Waals surface area contributed by atoms with Crippen LogP contribution < -0.4 is 5.32 Å². The van der Waals surface area contributed by atoms with Gasteiger partial charge in [0.25, 0.3) is 0 Å². The van der Waals surface area contributed by atoms with E-state index in [2.05, 4.69) is 21.2 Å². The highest BCUT2D eigenvalue weighted by Gasteiger charge is 2.19. The Labute approximate surface area is 120 Å². The molecule has 1 rings (SSSR count). The zero-order valence-corrected chi connectivity index (χ0v) is 12.5. The molecule has 0 saturated carbocycles. The summed E-state index contributed by atoms with van der Waals surface area (Å²) in [7, 11) is 1.63. The first-order valence-corrected chi connectivity index (χ1v) is 6.72. The SMILES string of the molecule is CC[C@@H](NC(=O)N(C)Cc1ccc(Br)cc1)C(=O)O. The van der Waals surface area contributed by atoms with E-state index in [4.69, 9.17) is 5.11 Å². The van der Waals surface area contributed by atoms with Crippen molar-refractivity contribution in [2.75, 3.05) is 7.05 Å². The van der Waals surface area contributed by atoms with Crippen molar-refractivity contribution in [3.8, 4) is 0 Å². The van der Waals surface area contributed by atoms with E-state index in [-0.39, 0.29) is 0 Å². The van der Waals surface area contributed by atoms with Gasteiger partial charge in [0.05, 0.1) is 0 Å². The second-order valence-electron chi connectivity index (χ2n) is 4.23. The van der Waals surface area contributed by atoms with Crippen molar-refractivity contribution < 1.29 is 14.7 Å². The first kappa shape index (κ1) is 15.5. The monoisotopic (exact) mass is 328 g/mol. The Bertz CT molecular complexity index is 448. The predicted molar refractivity (Wildman–Crippen MR) is 75.9 cm³/mol. The third-order valence-corrected chi connectivity index (χ3v) is 3.21. The predicted octanol–water partition coefficient (Wildman–Crippen LogP) is 2.45. The molecule has 1 aromatic rings. The van der Waals surface area contributed by atoms with Crippen LogP contribution in [-0.2, 0) is 11.3 Å². The lowest BCUT2D eigenvalue weighted by atomic mass is 10.2. The van der Waals surface area contributed by atoms with Crippen LogP contribution in [0.1, 0.15) is 18.9 Å². The van der Waals surface area contributed by atoms with E-state index in [1.54, 1.807) is 14.0 Å². The maximum absolute atomic E-state index is 11.8. The van der Waals surface area contributed by atoms with Gasteiger partial charge in [-0.2, -0.15) is 0 Å². The lowest BCUT2D eigenvalue weighted by molar-refractivity contribution is -0.139. The van der Waals surface area contributed by atoms with Crippen LogP contribution in [0.2, 0.25) is 0 Å². The molecule has 19 heavy (non-hydrogen) atoms. The zero-order valence-electron chi connectivity index (χ0n) is 10.9. The minimum atomic E-state index is -1.02. The Morgan fingerprint density at radius 1 is 1.37 bits per heavy atom. The zero-order chi connectivity index (χ0) is 14.4. The third-order valence-electron chi connectivity index (χ3n) is 2.68. The first-order valence-electron chi connectivity index (χ1n) is 5.93. The number of amides is 2. The minimum absolute atomic E-state index is 0.354. The average Bonchev–Trinajstić information content (AvgIpc) is 2.37. The smallest absolute Gasteiger partial charge is 0.326 e. The molecular formula is C13H17BrN2O3. The molecule has 0 aliphatic heterocycles. The van der Waals surface area contributed by atoms with Gasteiger partial charge >= 0.3 is 12.0 Å². The summed E-state index contributed by atoms with van der Waals surface area (Å²) >= 11 is 3.34. The number of hydrogen-bond acceptors (Lipinski definition) is 2. The molecule has 0 spiro atoms. The fourth-order valence-corrected chi connectivity index (χ4v) is 1.80. The van der Waals surface area contributed by atoms with Crippen molar-refractivity contribution in [2.24, 2.45) is 0 Å². The summed E-state index contributed by atoms with van der Waals surface area (Å²) in [5, 5.41) is 11.4. The fraction of sp³-hybridized carbons (Fsp3) is 0.385.